The van der Waals surface area contributed by atoms with Crippen LogP contribution in [0.2, 0.25) is 0 Å². The maximum atomic E-state index is 3.50. The van der Waals surface area contributed by atoms with E-state index in [4.69, 9.17) is 0 Å². The molecule has 0 amide bonds. The summed E-state index contributed by atoms with van der Waals surface area (Å²) < 4.78 is 1.39. The topological polar surface area (TPSA) is 12.0 Å². The first-order chi connectivity index (χ1) is 9.83. The van der Waals surface area contributed by atoms with Crippen molar-refractivity contribution in [3.8, 4) is 0 Å². The van der Waals surface area contributed by atoms with Gasteiger partial charge < -0.3 is 5.32 Å². The number of hydrogen-bond acceptors (Lipinski definition) is 3. The van der Waals surface area contributed by atoms with Crippen molar-refractivity contribution in [2.75, 3.05) is 7.05 Å². The van der Waals surface area contributed by atoms with Gasteiger partial charge in [0.2, 0.25) is 0 Å². The summed E-state index contributed by atoms with van der Waals surface area (Å²) in [6.07, 6.45) is 2.18. The van der Waals surface area contributed by atoms with Crippen molar-refractivity contribution in [3.63, 3.8) is 0 Å². The molecule has 1 aromatic carbocycles. The molecule has 1 N–H and O–H groups in total. The Morgan fingerprint density at radius 1 is 1.10 bits per heavy atom. The smallest absolute Gasteiger partial charge is 0.0456 e. The Bertz CT molecular complexity index is 696. The van der Waals surface area contributed by atoms with Crippen LogP contribution in [0, 0.1) is 0 Å². The van der Waals surface area contributed by atoms with E-state index in [9.17, 15) is 0 Å². The van der Waals surface area contributed by atoms with E-state index >= 15 is 0 Å². The molecule has 2 aromatic heterocycles. The molecule has 104 valence electrons. The van der Waals surface area contributed by atoms with Gasteiger partial charge in [0.1, 0.15) is 0 Å². The molecule has 3 heteroatoms. The summed E-state index contributed by atoms with van der Waals surface area (Å²) >= 11 is 3.72. The number of rotatable bonds is 5. The van der Waals surface area contributed by atoms with E-state index in [1.807, 2.05) is 22.7 Å². The highest BCUT2D eigenvalue weighted by Crippen LogP contribution is 2.32. The molecular formula is C17H19NS2. The SMILES string of the molecule is CCc1ccsc1C(Cc1csc2ccccc12)NC. The monoisotopic (exact) mass is 301 g/mol. The number of fused-ring (bicyclic) bond motifs is 1. The molecule has 0 bridgehead atoms. The van der Waals surface area contributed by atoms with Crippen LogP contribution in [0.5, 0.6) is 0 Å². The fourth-order valence-electron chi connectivity index (χ4n) is 2.68. The summed E-state index contributed by atoms with van der Waals surface area (Å²) in [5.41, 5.74) is 2.94. The molecule has 0 saturated carbocycles. The van der Waals surface area contributed by atoms with Crippen LogP contribution >= 0.6 is 22.7 Å². The Balaban J connectivity index is 1.92. The molecule has 1 atom stereocenters. The summed E-state index contributed by atoms with van der Waals surface area (Å²) in [7, 11) is 2.07. The quantitative estimate of drug-likeness (QED) is 0.697. The molecule has 3 aromatic rings. The highest BCUT2D eigenvalue weighted by molar-refractivity contribution is 7.17. The lowest BCUT2D eigenvalue weighted by Gasteiger charge is -2.16. The first-order valence-corrected chi connectivity index (χ1v) is 8.78. The molecule has 0 aliphatic carbocycles. The third-order valence-electron chi connectivity index (χ3n) is 3.81. The standard InChI is InChI=1S/C17H19NS2/c1-3-12-8-9-19-17(12)15(18-2)10-13-11-20-16-7-5-4-6-14(13)16/h4-9,11,15,18H,3,10H2,1-2H3. The molecule has 3 rings (SSSR count). The van der Waals surface area contributed by atoms with Gasteiger partial charge in [-0.05, 0) is 59.3 Å². The van der Waals surface area contributed by atoms with Crippen LogP contribution in [0.4, 0.5) is 0 Å². The van der Waals surface area contributed by atoms with E-state index in [-0.39, 0.29) is 0 Å². The lowest BCUT2D eigenvalue weighted by atomic mass is 10.0. The van der Waals surface area contributed by atoms with Crippen LogP contribution in [0.1, 0.15) is 29.0 Å². The van der Waals surface area contributed by atoms with Gasteiger partial charge in [0.05, 0.1) is 0 Å². The van der Waals surface area contributed by atoms with Crippen LogP contribution < -0.4 is 5.32 Å². The van der Waals surface area contributed by atoms with Gasteiger partial charge in [-0.15, -0.1) is 22.7 Å². The predicted octanol–water partition coefficient (Wildman–Crippen LogP) is 5.03. The largest absolute Gasteiger partial charge is 0.312 e. The second-order valence-corrected chi connectivity index (χ2v) is 6.83. The normalized spacial score (nSPS) is 12.9. The van der Waals surface area contributed by atoms with E-state index in [0.717, 1.165) is 12.8 Å². The maximum absolute atomic E-state index is 3.50. The number of aryl methyl sites for hydroxylation is 1. The third kappa shape index (κ3) is 2.53. The van der Waals surface area contributed by atoms with Crippen molar-refractivity contribution >= 4 is 32.8 Å². The summed E-state index contributed by atoms with van der Waals surface area (Å²) in [6, 6.07) is 11.4. The fraction of sp³-hybridized carbons (Fsp3) is 0.294. The average molecular weight is 301 g/mol. The van der Waals surface area contributed by atoms with Crippen molar-refractivity contribution in [3.05, 3.63) is 57.1 Å². The fourth-order valence-corrected chi connectivity index (χ4v) is 4.77. The number of thiophene rings is 2. The molecule has 0 radical (unpaired) electrons. The highest BCUT2D eigenvalue weighted by Gasteiger charge is 2.16. The zero-order valence-electron chi connectivity index (χ0n) is 11.8. The van der Waals surface area contributed by atoms with Crippen molar-refractivity contribution in [2.45, 2.75) is 25.8 Å². The first-order valence-electron chi connectivity index (χ1n) is 7.02. The second-order valence-electron chi connectivity index (χ2n) is 4.97. The second kappa shape index (κ2) is 6.08. The van der Waals surface area contributed by atoms with Crippen molar-refractivity contribution in [1.82, 2.24) is 5.32 Å². The van der Waals surface area contributed by atoms with Crippen molar-refractivity contribution in [2.24, 2.45) is 0 Å². The molecule has 0 aliphatic rings. The van der Waals surface area contributed by atoms with E-state index in [1.54, 1.807) is 0 Å². The van der Waals surface area contributed by atoms with Gasteiger partial charge in [-0.1, -0.05) is 25.1 Å². The zero-order valence-corrected chi connectivity index (χ0v) is 13.5. The van der Waals surface area contributed by atoms with Crippen LogP contribution in [-0.2, 0) is 12.8 Å². The third-order valence-corrected chi connectivity index (χ3v) is 5.90. The zero-order chi connectivity index (χ0) is 13.9. The molecule has 0 saturated heterocycles. The van der Waals surface area contributed by atoms with E-state index < -0.39 is 0 Å². The summed E-state index contributed by atoms with van der Waals surface area (Å²) in [5, 5.41) is 9.43. The van der Waals surface area contributed by atoms with Gasteiger partial charge in [0.15, 0.2) is 0 Å². The van der Waals surface area contributed by atoms with Crippen LogP contribution in [0.15, 0.2) is 41.1 Å². The molecule has 0 spiro atoms. The summed E-state index contributed by atoms with van der Waals surface area (Å²) in [6.45, 7) is 2.23. The van der Waals surface area contributed by atoms with Crippen molar-refractivity contribution in [1.29, 1.82) is 0 Å². The van der Waals surface area contributed by atoms with Gasteiger partial charge in [-0.3, -0.25) is 0 Å². The summed E-state index contributed by atoms with van der Waals surface area (Å²) in [4.78, 5) is 1.49. The Hall–Kier alpha value is -1.16. The lowest BCUT2D eigenvalue weighted by Crippen LogP contribution is -2.18. The maximum Gasteiger partial charge on any atom is 0.0456 e. The Kier molecular flexibility index (Phi) is 4.20. The number of benzene rings is 1. The van der Waals surface area contributed by atoms with Gasteiger partial charge in [0, 0.05) is 15.6 Å². The van der Waals surface area contributed by atoms with Crippen molar-refractivity contribution < 1.29 is 0 Å². The molecule has 2 heterocycles. The number of nitrogens with one attached hydrogen (secondary N) is 1. The highest BCUT2D eigenvalue weighted by atomic mass is 32.1. The average Bonchev–Trinajstić information content (AvgIpc) is 3.11. The number of likely N-dealkylation sites (N-methyl/N-ethyl adjacent to an activating group) is 1. The Morgan fingerprint density at radius 3 is 2.75 bits per heavy atom. The van der Waals surface area contributed by atoms with Gasteiger partial charge in [-0.25, -0.2) is 0 Å². The summed E-state index contributed by atoms with van der Waals surface area (Å²) in [5.74, 6) is 0. The predicted molar refractivity (Wildman–Crippen MR) is 91.0 cm³/mol. The lowest BCUT2D eigenvalue weighted by molar-refractivity contribution is 0.600. The number of hydrogen-bond donors (Lipinski definition) is 1. The van der Waals surface area contributed by atoms with Gasteiger partial charge >= 0.3 is 0 Å². The molecular weight excluding hydrogens is 282 g/mol. The van der Waals surface area contributed by atoms with Gasteiger partial charge in [-0.2, -0.15) is 0 Å². The van der Waals surface area contributed by atoms with E-state index in [2.05, 4.69) is 60.4 Å². The van der Waals surface area contributed by atoms with Crippen LogP contribution in [0.3, 0.4) is 0 Å². The Labute approximate surface area is 128 Å². The van der Waals surface area contributed by atoms with E-state index in [1.165, 1.54) is 26.1 Å². The van der Waals surface area contributed by atoms with Gasteiger partial charge in [0.25, 0.3) is 0 Å². The van der Waals surface area contributed by atoms with E-state index in [0.29, 0.717) is 6.04 Å². The molecule has 0 fully saturated rings. The van der Waals surface area contributed by atoms with Crippen LogP contribution in [-0.4, -0.2) is 7.05 Å². The van der Waals surface area contributed by atoms with Crippen LogP contribution in [0.25, 0.3) is 10.1 Å². The first kappa shape index (κ1) is 13.8. The molecule has 1 nitrogen and oxygen atoms in total. The minimum absolute atomic E-state index is 0.419. The minimum atomic E-state index is 0.419. The minimum Gasteiger partial charge on any atom is -0.312 e. The molecule has 20 heavy (non-hydrogen) atoms. The Morgan fingerprint density at radius 2 is 1.95 bits per heavy atom. The molecule has 1 unspecified atom stereocenters. The molecule has 0 aliphatic heterocycles.